The summed E-state index contributed by atoms with van der Waals surface area (Å²) < 4.78 is 0. The molecular weight excluding hydrogens is 508 g/mol. The summed E-state index contributed by atoms with van der Waals surface area (Å²) >= 11 is 2.85. The molecule has 1 aliphatic rings. The van der Waals surface area contributed by atoms with Crippen molar-refractivity contribution >= 4 is 44.8 Å². The summed E-state index contributed by atoms with van der Waals surface area (Å²) in [7, 11) is 0. The van der Waals surface area contributed by atoms with Crippen LogP contribution in [0.4, 0.5) is 10.3 Å². The Hall–Kier alpha value is -3.64. The number of hydrogen-bond donors (Lipinski definition) is 2. The van der Waals surface area contributed by atoms with Crippen LogP contribution in [0.2, 0.25) is 0 Å². The van der Waals surface area contributed by atoms with Gasteiger partial charge in [-0.25, -0.2) is 0 Å². The minimum Gasteiger partial charge on any atom is -0.300 e. The maximum atomic E-state index is 12.3. The second kappa shape index (κ2) is 11.6. The Morgan fingerprint density at radius 2 is 1.41 bits per heavy atom. The van der Waals surface area contributed by atoms with Gasteiger partial charge in [-0.05, 0) is 61.4 Å². The molecule has 5 rings (SSSR count). The number of carbonyl (C=O) groups is 2. The van der Waals surface area contributed by atoms with Crippen LogP contribution >= 0.6 is 22.7 Å². The molecule has 12 heteroatoms. The predicted molar refractivity (Wildman–Crippen MR) is 141 cm³/mol. The molecule has 1 saturated carbocycles. The van der Waals surface area contributed by atoms with Gasteiger partial charge in [0, 0.05) is 36.6 Å². The van der Waals surface area contributed by atoms with E-state index in [0.717, 1.165) is 52.6 Å². The van der Waals surface area contributed by atoms with E-state index in [9.17, 15) is 9.59 Å². The van der Waals surface area contributed by atoms with Gasteiger partial charge in [0.1, 0.15) is 10.0 Å². The van der Waals surface area contributed by atoms with E-state index in [1.54, 1.807) is 12.4 Å². The van der Waals surface area contributed by atoms with Gasteiger partial charge in [0.05, 0.1) is 12.8 Å². The number of carbonyl (C=O) groups excluding carboxylic acids is 2. The molecule has 10 nitrogen and oxygen atoms in total. The monoisotopic (exact) mass is 534 g/mol. The second-order valence-electron chi connectivity index (χ2n) is 9.21. The normalized spacial score (nSPS) is 16.7. The molecule has 0 bridgehead atoms. The first kappa shape index (κ1) is 25.0. The van der Waals surface area contributed by atoms with Gasteiger partial charge < -0.3 is 10.6 Å². The summed E-state index contributed by atoms with van der Waals surface area (Å²) in [5, 5.41) is 25.3. The third-order valence-corrected chi connectivity index (χ3v) is 7.79. The highest BCUT2D eigenvalue weighted by molar-refractivity contribution is 7.15. The van der Waals surface area contributed by atoms with E-state index in [1.807, 2.05) is 37.3 Å². The van der Waals surface area contributed by atoms with Crippen molar-refractivity contribution in [1.82, 2.24) is 30.4 Å². The largest absolute Gasteiger partial charge is 0.300 e. The van der Waals surface area contributed by atoms with Crippen molar-refractivity contribution in [2.45, 2.75) is 45.4 Å². The number of aryl methyl sites for hydroxylation is 1. The molecule has 4 aromatic rings. The lowest BCUT2D eigenvalue weighted by atomic mass is 9.72. The van der Waals surface area contributed by atoms with Gasteiger partial charge >= 0.3 is 0 Å². The first-order valence-electron chi connectivity index (χ1n) is 12.0. The number of aromatic nitrogens is 6. The van der Waals surface area contributed by atoms with Crippen molar-refractivity contribution in [1.29, 1.82) is 0 Å². The maximum absolute atomic E-state index is 12.3. The lowest BCUT2D eigenvalue weighted by Gasteiger charge is -2.34. The number of hydrogen-bond acceptors (Lipinski definition) is 10. The Kier molecular flexibility index (Phi) is 7.85. The van der Waals surface area contributed by atoms with E-state index in [-0.39, 0.29) is 24.7 Å². The molecule has 0 spiro atoms. The average molecular weight is 535 g/mol. The van der Waals surface area contributed by atoms with Gasteiger partial charge in [0.15, 0.2) is 0 Å². The average Bonchev–Trinajstić information content (AvgIpc) is 3.47. The summed E-state index contributed by atoms with van der Waals surface area (Å²) in [4.78, 5) is 32.9. The molecule has 37 heavy (non-hydrogen) atoms. The standard InChI is InChI=1S/C25H26N8O2S2/c1-15-5-7-27-19(8-15)14-21(35)29-25-33-31-23(37-25)12-17-9-16(10-17)11-22-30-32-24(36-22)28-20(34)13-18-4-2-3-6-26-18/h2-8,16-17H,9-14H2,1H3,(H,28,32,34)(H,29,33,35). The predicted octanol–water partition coefficient (Wildman–Crippen LogP) is 3.66. The molecule has 0 aromatic carbocycles. The summed E-state index contributed by atoms with van der Waals surface area (Å²) in [5.41, 5.74) is 2.52. The number of nitrogens with one attached hydrogen (secondary N) is 2. The van der Waals surface area contributed by atoms with Crippen LogP contribution in [0.3, 0.4) is 0 Å². The van der Waals surface area contributed by atoms with Crippen molar-refractivity contribution in [2.75, 3.05) is 10.6 Å². The Morgan fingerprint density at radius 1 is 0.811 bits per heavy atom. The van der Waals surface area contributed by atoms with Gasteiger partial charge in [-0.1, -0.05) is 28.7 Å². The number of nitrogens with zero attached hydrogens (tertiary/aromatic N) is 6. The lowest BCUT2D eigenvalue weighted by Crippen LogP contribution is -2.27. The van der Waals surface area contributed by atoms with Crippen LogP contribution in [0.25, 0.3) is 0 Å². The van der Waals surface area contributed by atoms with E-state index in [1.165, 1.54) is 22.7 Å². The van der Waals surface area contributed by atoms with Gasteiger partial charge in [-0.3, -0.25) is 19.6 Å². The molecule has 0 radical (unpaired) electrons. The maximum Gasteiger partial charge on any atom is 0.232 e. The minimum absolute atomic E-state index is 0.145. The Labute approximate surface area is 222 Å². The Balaban J connectivity index is 1.02. The molecule has 1 fully saturated rings. The van der Waals surface area contributed by atoms with Gasteiger partial charge in [0.2, 0.25) is 22.1 Å². The highest BCUT2D eigenvalue weighted by Crippen LogP contribution is 2.39. The summed E-state index contributed by atoms with van der Waals surface area (Å²) in [6, 6.07) is 9.31. The van der Waals surface area contributed by atoms with Crippen molar-refractivity contribution in [3.8, 4) is 0 Å². The van der Waals surface area contributed by atoms with Crippen molar-refractivity contribution in [3.63, 3.8) is 0 Å². The van der Waals surface area contributed by atoms with Crippen LogP contribution in [0.15, 0.2) is 42.7 Å². The Bertz CT molecular complexity index is 1370. The van der Waals surface area contributed by atoms with Crippen LogP contribution in [-0.4, -0.2) is 42.2 Å². The topological polar surface area (TPSA) is 136 Å². The zero-order chi connectivity index (χ0) is 25.6. The van der Waals surface area contributed by atoms with E-state index in [2.05, 4.69) is 41.0 Å². The molecular formula is C25H26N8O2S2. The van der Waals surface area contributed by atoms with Crippen molar-refractivity contribution in [2.24, 2.45) is 11.8 Å². The third kappa shape index (κ3) is 7.20. The fourth-order valence-electron chi connectivity index (χ4n) is 4.33. The Morgan fingerprint density at radius 3 is 1.97 bits per heavy atom. The first-order valence-corrected chi connectivity index (χ1v) is 13.7. The van der Waals surface area contributed by atoms with Gasteiger partial charge in [0.25, 0.3) is 0 Å². The molecule has 4 aromatic heterocycles. The minimum atomic E-state index is -0.149. The van der Waals surface area contributed by atoms with Crippen LogP contribution in [-0.2, 0) is 35.3 Å². The zero-order valence-electron chi connectivity index (χ0n) is 20.3. The van der Waals surface area contributed by atoms with E-state index < -0.39 is 0 Å². The molecule has 0 aliphatic heterocycles. The summed E-state index contributed by atoms with van der Waals surface area (Å²) in [6.07, 6.45) is 7.68. The number of rotatable bonds is 10. The fraction of sp³-hybridized carbons (Fsp3) is 0.360. The zero-order valence-corrected chi connectivity index (χ0v) is 21.9. The molecule has 2 amide bonds. The lowest BCUT2D eigenvalue weighted by molar-refractivity contribution is -0.116. The summed E-state index contributed by atoms with van der Waals surface area (Å²) in [5.74, 6) is 0.797. The molecule has 4 heterocycles. The number of pyridine rings is 2. The van der Waals surface area contributed by atoms with Crippen LogP contribution in [0, 0.1) is 18.8 Å². The van der Waals surface area contributed by atoms with Crippen molar-refractivity contribution < 1.29 is 9.59 Å². The molecule has 0 saturated heterocycles. The SMILES string of the molecule is Cc1ccnc(CC(=O)Nc2nnc(CC3CC(Cc4nnc(NC(=O)Cc5ccccn5)s4)C3)s2)c1. The highest BCUT2D eigenvalue weighted by Gasteiger charge is 2.31. The highest BCUT2D eigenvalue weighted by atomic mass is 32.1. The number of amides is 2. The van der Waals surface area contributed by atoms with E-state index in [0.29, 0.717) is 22.1 Å². The molecule has 190 valence electrons. The molecule has 0 unspecified atom stereocenters. The van der Waals surface area contributed by atoms with Crippen molar-refractivity contribution in [3.05, 3.63) is 69.7 Å². The first-order chi connectivity index (χ1) is 18.0. The molecule has 0 atom stereocenters. The molecule has 2 N–H and O–H groups in total. The van der Waals surface area contributed by atoms with Gasteiger partial charge in [-0.15, -0.1) is 20.4 Å². The van der Waals surface area contributed by atoms with Crippen LogP contribution in [0.1, 0.15) is 39.8 Å². The molecule has 1 aliphatic carbocycles. The number of anilines is 2. The third-order valence-electron chi connectivity index (χ3n) is 6.07. The van der Waals surface area contributed by atoms with Gasteiger partial charge in [-0.2, -0.15) is 0 Å². The second-order valence-corrected chi connectivity index (χ2v) is 11.3. The van der Waals surface area contributed by atoms with Crippen LogP contribution in [0.5, 0.6) is 0 Å². The van der Waals surface area contributed by atoms with Crippen LogP contribution < -0.4 is 10.6 Å². The van der Waals surface area contributed by atoms with E-state index in [4.69, 9.17) is 0 Å². The smallest absolute Gasteiger partial charge is 0.232 e. The quantitative estimate of drug-likeness (QED) is 0.315. The summed E-state index contributed by atoms with van der Waals surface area (Å²) in [6.45, 7) is 1.97. The fourth-order valence-corrected chi connectivity index (χ4v) is 6.07. The van der Waals surface area contributed by atoms with E-state index >= 15 is 0 Å².